The zero-order chi connectivity index (χ0) is 15.9. The highest BCUT2D eigenvalue weighted by Gasteiger charge is 2.23. The zero-order valence-corrected chi connectivity index (χ0v) is 13.0. The summed E-state index contributed by atoms with van der Waals surface area (Å²) in [5, 5.41) is 2.78. The monoisotopic (exact) mass is 306 g/mol. The number of hydrogen-bond acceptors (Lipinski definition) is 5. The number of rotatable bonds is 5. The lowest BCUT2D eigenvalue weighted by Crippen LogP contribution is -2.51. The molecule has 0 atom stereocenters. The molecule has 1 fully saturated rings. The number of pyridine rings is 1. The van der Waals surface area contributed by atoms with E-state index in [1.54, 1.807) is 23.2 Å². The van der Waals surface area contributed by atoms with Crippen molar-refractivity contribution in [1.29, 1.82) is 0 Å². The van der Waals surface area contributed by atoms with Gasteiger partial charge < -0.3 is 15.0 Å². The van der Waals surface area contributed by atoms with Crippen molar-refractivity contribution in [3.63, 3.8) is 0 Å². The van der Waals surface area contributed by atoms with E-state index in [1.807, 2.05) is 6.92 Å². The van der Waals surface area contributed by atoms with Crippen molar-refractivity contribution in [1.82, 2.24) is 20.1 Å². The molecule has 22 heavy (non-hydrogen) atoms. The summed E-state index contributed by atoms with van der Waals surface area (Å²) in [6.07, 6.45) is 1.57. The Morgan fingerprint density at radius 2 is 2.05 bits per heavy atom. The normalized spacial score (nSPS) is 15.5. The number of aromatic nitrogens is 1. The zero-order valence-electron chi connectivity index (χ0n) is 13.0. The van der Waals surface area contributed by atoms with Gasteiger partial charge in [-0.05, 0) is 13.0 Å². The molecule has 1 aliphatic rings. The van der Waals surface area contributed by atoms with E-state index in [4.69, 9.17) is 4.74 Å². The summed E-state index contributed by atoms with van der Waals surface area (Å²) in [7, 11) is 1.52. The Morgan fingerprint density at radius 1 is 1.32 bits per heavy atom. The predicted molar refractivity (Wildman–Crippen MR) is 81.8 cm³/mol. The van der Waals surface area contributed by atoms with Crippen LogP contribution in [0.4, 0.5) is 0 Å². The molecular weight excluding hydrogens is 284 g/mol. The van der Waals surface area contributed by atoms with Gasteiger partial charge in [0, 0.05) is 50.6 Å². The maximum Gasteiger partial charge on any atom is 0.254 e. The molecule has 0 aromatic carbocycles. The highest BCUT2D eigenvalue weighted by atomic mass is 16.5. The van der Waals surface area contributed by atoms with Gasteiger partial charge in [0.25, 0.3) is 5.91 Å². The average molecular weight is 306 g/mol. The Morgan fingerprint density at radius 3 is 2.68 bits per heavy atom. The number of piperazine rings is 1. The van der Waals surface area contributed by atoms with Crippen molar-refractivity contribution >= 4 is 11.8 Å². The number of nitrogens with zero attached hydrogens (tertiary/aromatic N) is 3. The fourth-order valence-corrected chi connectivity index (χ4v) is 2.40. The molecule has 1 saturated heterocycles. The number of carbonyl (C=O) groups is 2. The predicted octanol–water partition coefficient (Wildman–Crippen LogP) is -0.0159. The second kappa shape index (κ2) is 7.74. The molecule has 0 spiro atoms. The quantitative estimate of drug-likeness (QED) is 0.828. The van der Waals surface area contributed by atoms with Crippen molar-refractivity contribution in [2.24, 2.45) is 0 Å². The van der Waals surface area contributed by atoms with Crippen LogP contribution < -0.4 is 10.1 Å². The van der Waals surface area contributed by atoms with Crippen LogP contribution in [-0.4, -0.2) is 73.0 Å². The first-order chi connectivity index (χ1) is 10.6. The Kier molecular flexibility index (Phi) is 5.71. The third-order valence-electron chi connectivity index (χ3n) is 3.59. The molecule has 1 N–H and O–H groups in total. The van der Waals surface area contributed by atoms with E-state index in [1.165, 1.54) is 7.11 Å². The maximum absolute atomic E-state index is 12.4. The van der Waals surface area contributed by atoms with Crippen LogP contribution in [0, 0.1) is 0 Å². The smallest absolute Gasteiger partial charge is 0.254 e. The van der Waals surface area contributed by atoms with Crippen molar-refractivity contribution in [3.05, 3.63) is 23.9 Å². The molecule has 0 radical (unpaired) electrons. The van der Waals surface area contributed by atoms with Gasteiger partial charge >= 0.3 is 0 Å². The minimum atomic E-state index is -0.0293. The van der Waals surface area contributed by atoms with E-state index in [9.17, 15) is 9.59 Å². The van der Waals surface area contributed by atoms with E-state index >= 15 is 0 Å². The standard InChI is InChI=1S/C15H22N4O3/c1-3-16-13(20)11-18-6-8-19(9-7-18)15(21)12-4-5-17-14(10-12)22-2/h4-5,10H,3,6-9,11H2,1-2H3,(H,16,20). The van der Waals surface area contributed by atoms with E-state index in [-0.39, 0.29) is 11.8 Å². The number of methoxy groups -OCH3 is 1. The van der Waals surface area contributed by atoms with Crippen LogP contribution in [-0.2, 0) is 4.79 Å². The van der Waals surface area contributed by atoms with Crippen LogP contribution in [0.5, 0.6) is 5.88 Å². The molecule has 0 aliphatic carbocycles. The summed E-state index contributed by atoms with van der Waals surface area (Å²) < 4.78 is 5.04. The number of nitrogens with one attached hydrogen (secondary N) is 1. The lowest BCUT2D eigenvalue weighted by molar-refractivity contribution is -0.122. The highest BCUT2D eigenvalue weighted by molar-refractivity contribution is 5.94. The van der Waals surface area contributed by atoms with Gasteiger partial charge in [-0.1, -0.05) is 0 Å². The van der Waals surface area contributed by atoms with E-state index in [0.29, 0.717) is 50.7 Å². The Balaban J connectivity index is 1.88. The number of ether oxygens (including phenoxy) is 1. The van der Waals surface area contributed by atoms with Gasteiger partial charge in [-0.15, -0.1) is 0 Å². The summed E-state index contributed by atoms with van der Waals surface area (Å²) in [5.74, 6) is 0.431. The topological polar surface area (TPSA) is 74.8 Å². The van der Waals surface area contributed by atoms with Gasteiger partial charge in [0.2, 0.25) is 11.8 Å². The molecule has 0 unspecified atom stereocenters. The van der Waals surface area contributed by atoms with Crippen LogP contribution in [0.15, 0.2) is 18.3 Å². The molecular formula is C15H22N4O3. The van der Waals surface area contributed by atoms with Gasteiger partial charge in [0.15, 0.2) is 0 Å². The SMILES string of the molecule is CCNC(=O)CN1CCN(C(=O)c2ccnc(OC)c2)CC1. The van der Waals surface area contributed by atoms with Crippen molar-refractivity contribution in [2.45, 2.75) is 6.92 Å². The van der Waals surface area contributed by atoms with Gasteiger partial charge in [0.1, 0.15) is 0 Å². The Bertz CT molecular complexity index is 527. The van der Waals surface area contributed by atoms with Crippen molar-refractivity contribution in [3.8, 4) is 5.88 Å². The van der Waals surface area contributed by atoms with Crippen molar-refractivity contribution < 1.29 is 14.3 Å². The first-order valence-electron chi connectivity index (χ1n) is 7.42. The number of amides is 2. The Hall–Kier alpha value is -2.15. The lowest BCUT2D eigenvalue weighted by Gasteiger charge is -2.34. The number of carbonyl (C=O) groups excluding carboxylic acids is 2. The van der Waals surface area contributed by atoms with Crippen LogP contribution in [0.25, 0.3) is 0 Å². The molecule has 2 heterocycles. The van der Waals surface area contributed by atoms with Crippen LogP contribution in [0.1, 0.15) is 17.3 Å². The number of likely N-dealkylation sites (N-methyl/N-ethyl adjacent to an activating group) is 1. The third-order valence-corrected chi connectivity index (χ3v) is 3.59. The summed E-state index contributed by atoms with van der Waals surface area (Å²) in [6, 6.07) is 3.33. The van der Waals surface area contributed by atoms with E-state index < -0.39 is 0 Å². The Labute approximate surface area is 130 Å². The molecule has 2 amide bonds. The van der Waals surface area contributed by atoms with E-state index in [2.05, 4.69) is 15.2 Å². The second-order valence-electron chi connectivity index (χ2n) is 5.11. The van der Waals surface area contributed by atoms with Crippen LogP contribution in [0.2, 0.25) is 0 Å². The molecule has 2 rings (SSSR count). The molecule has 1 aromatic rings. The first kappa shape index (κ1) is 16.2. The first-order valence-corrected chi connectivity index (χ1v) is 7.42. The molecule has 1 aliphatic heterocycles. The summed E-state index contributed by atoms with van der Waals surface area (Å²) in [6.45, 7) is 5.56. The van der Waals surface area contributed by atoms with Gasteiger partial charge in [0.05, 0.1) is 13.7 Å². The number of hydrogen-bond donors (Lipinski definition) is 1. The molecule has 120 valence electrons. The summed E-state index contributed by atoms with van der Waals surface area (Å²) >= 11 is 0. The van der Waals surface area contributed by atoms with Crippen LogP contribution >= 0.6 is 0 Å². The van der Waals surface area contributed by atoms with Crippen LogP contribution in [0.3, 0.4) is 0 Å². The van der Waals surface area contributed by atoms with Gasteiger partial charge in [-0.2, -0.15) is 0 Å². The minimum Gasteiger partial charge on any atom is -0.481 e. The molecule has 7 nitrogen and oxygen atoms in total. The molecule has 0 bridgehead atoms. The summed E-state index contributed by atoms with van der Waals surface area (Å²) in [4.78, 5) is 31.9. The molecule has 0 saturated carbocycles. The van der Waals surface area contributed by atoms with E-state index in [0.717, 1.165) is 0 Å². The molecule has 7 heteroatoms. The molecule has 1 aromatic heterocycles. The largest absolute Gasteiger partial charge is 0.481 e. The highest BCUT2D eigenvalue weighted by Crippen LogP contribution is 2.12. The second-order valence-corrected chi connectivity index (χ2v) is 5.11. The maximum atomic E-state index is 12.4. The summed E-state index contributed by atoms with van der Waals surface area (Å²) in [5.41, 5.74) is 0.573. The lowest BCUT2D eigenvalue weighted by atomic mass is 10.2. The fourth-order valence-electron chi connectivity index (χ4n) is 2.40. The van der Waals surface area contributed by atoms with Crippen molar-refractivity contribution in [2.75, 3.05) is 46.4 Å². The minimum absolute atomic E-state index is 0.0288. The van der Waals surface area contributed by atoms with Gasteiger partial charge in [-0.3, -0.25) is 14.5 Å². The fraction of sp³-hybridized carbons (Fsp3) is 0.533. The average Bonchev–Trinajstić information content (AvgIpc) is 2.55. The third kappa shape index (κ3) is 4.17. The van der Waals surface area contributed by atoms with Gasteiger partial charge in [-0.25, -0.2) is 4.98 Å².